The van der Waals surface area contributed by atoms with E-state index in [9.17, 15) is 14.4 Å². The standard InChI is InChI=1S/C20H20ClN3O5/c1-12(25)15-7-17-18(29-11-28-17)8-16(15)23-20(27)10-24(2)9-19(26)22-14-5-3-13(21)4-6-14/h3-8H,9-11H2,1-2H3,(H,22,26)(H,23,27). The maximum atomic E-state index is 12.4. The fourth-order valence-corrected chi connectivity index (χ4v) is 2.93. The van der Waals surface area contributed by atoms with Crippen LogP contribution in [-0.2, 0) is 9.59 Å². The van der Waals surface area contributed by atoms with Gasteiger partial charge in [-0.1, -0.05) is 11.6 Å². The number of fused-ring (bicyclic) bond motifs is 1. The summed E-state index contributed by atoms with van der Waals surface area (Å²) in [5, 5.41) is 6.00. The van der Waals surface area contributed by atoms with Crippen LogP contribution in [0, 0.1) is 0 Å². The summed E-state index contributed by atoms with van der Waals surface area (Å²) in [5.41, 5.74) is 1.28. The van der Waals surface area contributed by atoms with Gasteiger partial charge in [-0.15, -0.1) is 0 Å². The Hall–Kier alpha value is -3.10. The molecule has 0 atom stereocenters. The number of Topliss-reactive ketones (excluding diaryl/α,β-unsaturated/α-hetero) is 1. The second-order valence-corrected chi connectivity index (χ2v) is 7.02. The fraction of sp³-hybridized carbons (Fsp3) is 0.250. The highest BCUT2D eigenvalue weighted by molar-refractivity contribution is 6.30. The minimum atomic E-state index is -0.367. The molecule has 0 unspecified atom stereocenters. The van der Waals surface area contributed by atoms with Gasteiger partial charge in [0.2, 0.25) is 18.6 Å². The summed E-state index contributed by atoms with van der Waals surface area (Å²) in [4.78, 5) is 38.0. The number of benzene rings is 2. The van der Waals surface area contributed by atoms with Gasteiger partial charge in [0.15, 0.2) is 17.3 Å². The Labute approximate surface area is 172 Å². The molecule has 0 aliphatic carbocycles. The molecule has 1 aliphatic heterocycles. The lowest BCUT2D eigenvalue weighted by Gasteiger charge is -2.17. The van der Waals surface area contributed by atoms with Gasteiger partial charge < -0.3 is 20.1 Å². The van der Waals surface area contributed by atoms with Gasteiger partial charge in [0.25, 0.3) is 0 Å². The zero-order valence-corrected chi connectivity index (χ0v) is 16.7. The molecule has 0 saturated heterocycles. The molecule has 0 aromatic heterocycles. The van der Waals surface area contributed by atoms with Crippen molar-refractivity contribution in [2.75, 3.05) is 37.6 Å². The van der Waals surface area contributed by atoms with E-state index in [1.807, 2.05) is 0 Å². The number of ketones is 1. The number of hydrogen-bond donors (Lipinski definition) is 2. The van der Waals surface area contributed by atoms with Crippen LogP contribution in [0.1, 0.15) is 17.3 Å². The van der Waals surface area contributed by atoms with Crippen LogP contribution in [-0.4, -0.2) is 49.4 Å². The summed E-state index contributed by atoms with van der Waals surface area (Å²) < 4.78 is 10.6. The van der Waals surface area contributed by atoms with E-state index < -0.39 is 0 Å². The van der Waals surface area contributed by atoms with Gasteiger partial charge in [-0.05, 0) is 44.3 Å². The summed E-state index contributed by atoms with van der Waals surface area (Å²) in [7, 11) is 1.65. The molecule has 0 spiro atoms. The third-order valence-corrected chi connectivity index (χ3v) is 4.37. The van der Waals surface area contributed by atoms with E-state index in [0.29, 0.717) is 33.5 Å². The number of ether oxygens (including phenoxy) is 2. The van der Waals surface area contributed by atoms with Crippen LogP contribution in [0.15, 0.2) is 36.4 Å². The number of anilines is 2. The van der Waals surface area contributed by atoms with Crippen LogP contribution < -0.4 is 20.1 Å². The summed E-state index contributed by atoms with van der Waals surface area (Å²) in [6, 6.07) is 9.83. The normalized spacial score (nSPS) is 12.0. The van der Waals surface area contributed by atoms with E-state index in [1.54, 1.807) is 48.3 Å². The number of halogens is 1. The Morgan fingerprint density at radius 3 is 2.21 bits per heavy atom. The lowest BCUT2D eigenvalue weighted by atomic mass is 10.1. The first-order valence-corrected chi connectivity index (χ1v) is 9.18. The topological polar surface area (TPSA) is 97.0 Å². The average Bonchev–Trinajstić information content (AvgIpc) is 3.09. The number of hydrogen-bond acceptors (Lipinski definition) is 6. The molecule has 1 heterocycles. The predicted octanol–water partition coefficient (Wildman–Crippen LogP) is 2.78. The van der Waals surface area contributed by atoms with E-state index in [4.69, 9.17) is 21.1 Å². The summed E-state index contributed by atoms with van der Waals surface area (Å²) >= 11 is 5.82. The number of amides is 2. The predicted molar refractivity (Wildman–Crippen MR) is 109 cm³/mol. The van der Waals surface area contributed by atoms with Crippen molar-refractivity contribution >= 4 is 40.6 Å². The highest BCUT2D eigenvalue weighted by Crippen LogP contribution is 2.37. The second-order valence-electron chi connectivity index (χ2n) is 6.58. The molecule has 1 aliphatic rings. The molecule has 2 amide bonds. The van der Waals surface area contributed by atoms with Gasteiger partial charge >= 0.3 is 0 Å². The average molecular weight is 418 g/mol. The van der Waals surface area contributed by atoms with Gasteiger partial charge in [0, 0.05) is 22.3 Å². The molecule has 2 aromatic carbocycles. The largest absolute Gasteiger partial charge is 0.454 e. The van der Waals surface area contributed by atoms with Crippen LogP contribution in [0.2, 0.25) is 5.02 Å². The number of carbonyl (C=O) groups excluding carboxylic acids is 3. The molecular formula is C20H20ClN3O5. The Kier molecular flexibility index (Phi) is 6.36. The number of nitrogens with one attached hydrogen (secondary N) is 2. The van der Waals surface area contributed by atoms with E-state index in [0.717, 1.165) is 0 Å². The molecule has 0 saturated carbocycles. The number of nitrogens with zero attached hydrogens (tertiary/aromatic N) is 1. The van der Waals surface area contributed by atoms with Crippen LogP contribution in [0.4, 0.5) is 11.4 Å². The SMILES string of the molecule is CC(=O)c1cc2c(cc1NC(=O)CN(C)CC(=O)Nc1ccc(Cl)cc1)OCO2. The monoisotopic (exact) mass is 417 g/mol. The summed E-state index contributed by atoms with van der Waals surface area (Å²) in [6.07, 6.45) is 0. The van der Waals surface area contributed by atoms with Crippen LogP contribution in [0.25, 0.3) is 0 Å². The first kappa shape index (κ1) is 20.6. The van der Waals surface area contributed by atoms with Crippen LogP contribution in [0.5, 0.6) is 11.5 Å². The van der Waals surface area contributed by atoms with Crippen molar-refractivity contribution in [2.24, 2.45) is 0 Å². The quantitative estimate of drug-likeness (QED) is 0.672. The molecule has 0 fully saturated rings. The molecule has 9 heteroatoms. The fourth-order valence-electron chi connectivity index (χ4n) is 2.81. The highest BCUT2D eigenvalue weighted by atomic mass is 35.5. The van der Waals surface area contributed by atoms with Crippen molar-refractivity contribution in [1.82, 2.24) is 4.90 Å². The van der Waals surface area contributed by atoms with E-state index in [1.165, 1.54) is 6.92 Å². The molecule has 2 aromatic rings. The van der Waals surface area contributed by atoms with Crippen LogP contribution >= 0.6 is 11.6 Å². The van der Waals surface area contributed by atoms with Crippen molar-refractivity contribution in [3.63, 3.8) is 0 Å². The first-order valence-electron chi connectivity index (χ1n) is 8.80. The lowest BCUT2D eigenvalue weighted by molar-refractivity contribution is -0.119. The number of likely N-dealkylation sites (N-methyl/N-ethyl adjacent to an activating group) is 1. The zero-order valence-electron chi connectivity index (χ0n) is 16.0. The minimum absolute atomic E-state index is 0.0107. The maximum Gasteiger partial charge on any atom is 0.238 e. The van der Waals surface area contributed by atoms with Gasteiger partial charge in [0.05, 0.1) is 18.8 Å². The second kappa shape index (κ2) is 8.93. The number of carbonyl (C=O) groups is 3. The molecule has 0 bridgehead atoms. The van der Waals surface area contributed by atoms with Gasteiger partial charge in [-0.25, -0.2) is 0 Å². The van der Waals surface area contributed by atoms with Gasteiger partial charge in [-0.2, -0.15) is 0 Å². The van der Waals surface area contributed by atoms with Crippen molar-refractivity contribution in [2.45, 2.75) is 6.92 Å². The van der Waals surface area contributed by atoms with Gasteiger partial charge in [0.1, 0.15) is 0 Å². The first-order chi connectivity index (χ1) is 13.8. The molecular weight excluding hydrogens is 398 g/mol. The third kappa shape index (κ3) is 5.46. The van der Waals surface area contributed by atoms with Gasteiger partial charge in [-0.3, -0.25) is 19.3 Å². The molecule has 3 rings (SSSR count). The third-order valence-electron chi connectivity index (χ3n) is 4.12. The zero-order chi connectivity index (χ0) is 21.0. The lowest BCUT2D eigenvalue weighted by Crippen LogP contribution is -2.36. The molecule has 152 valence electrons. The van der Waals surface area contributed by atoms with Crippen molar-refractivity contribution in [3.8, 4) is 11.5 Å². The molecule has 29 heavy (non-hydrogen) atoms. The molecule has 0 radical (unpaired) electrons. The van der Waals surface area contributed by atoms with E-state index in [-0.39, 0.29) is 37.5 Å². The minimum Gasteiger partial charge on any atom is -0.454 e. The Balaban J connectivity index is 1.57. The summed E-state index contributed by atoms with van der Waals surface area (Å²) in [6.45, 7) is 1.44. The van der Waals surface area contributed by atoms with Crippen molar-refractivity contribution in [3.05, 3.63) is 47.0 Å². The molecule has 8 nitrogen and oxygen atoms in total. The maximum absolute atomic E-state index is 12.4. The smallest absolute Gasteiger partial charge is 0.238 e. The van der Waals surface area contributed by atoms with E-state index >= 15 is 0 Å². The summed E-state index contributed by atoms with van der Waals surface area (Å²) in [5.74, 6) is 0.0720. The molecule has 2 N–H and O–H groups in total. The van der Waals surface area contributed by atoms with E-state index in [2.05, 4.69) is 10.6 Å². The Morgan fingerprint density at radius 2 is 1.59 bits per heavy atom. The Morgan fingerprint density at radius 1 is 1.00 bits per heavy atom. The Bertz CT molecular complexity index is 946. The highest BCUT2D eigenvalue weighted by Gasteiger charge is 2.21. The van der Waals surface area contributed by atoms with Crippen LogP contribution in [0.3, 0.4) is 0 Å². The number of rotatable bonds is 7. The van der Waals surface area contributed by atoms with Crippen molar-refractivity contribution < 1.29 is 23.9 Å². The van der Waals surface area contributed by atoms with Crippen molar-refractivity contribution in [1.29, 1.82) is 0 Å².